The van der Waals surface area contributed by atoms with E-state index in [1.807, 2.05) is 27.7 Å². The number of pyridine rings is 1. The number of ether oxygens (including phenoxy) is 3. The van der Waals surface area contributed by atoms with Crippen molar-refractivity contribution in [3.63, 3.8) is 0 Å². The van der Waals surface area contributed by atoms with Crippen molar-refractivity contribution in [2.75, 3.05) is 20.3 Å². The van der Waals surface area contributed by atoms with Gasteiger partial charge in [-0.3, -0.25) is 4.79 Å². The van der Waals surface area contributed by atoms with Crippen LogP contribution in [0.2, 0.25) is 0 Å². The highest BCUT2D eigenvalue weighted by atomic mass is 35.5. The summed E-state index contributed by atoms with van der Waals surface area (Å²) >= 11 is 6.05. The van der Waals surface area contributed by atoms with Crippen LogP contribution >= 0.6 is 11.6 Å². The second-order valence-corrected chi connectivity index (χ2v) is 11.5. The molecule has 1 aliphatic heterocycles. The fourth-order valence-corrected chi connectivity index (χ4v) is 4.83. The van der Waals surface area contributed by atoms with Crippen molar-refractivity contribution in [1.29, 1.82) is 0 Å². The van der Waals surface area contributed by atoms with E-state index in [1.54, 1.807) is 13.8 Å². The Bertz CT molecular complexity index is 1520. The fraction of sp³-hybridized carbons (Fsp3) is 0.471. The number of halogens is 5. The first-order valence-electron chi connectivity index (χ1n) is 15.3. The molecule has 12 heteroatoms. The van der Waals surface area contributed by atoms with E-state index in [9.17, 15) is 27.5 Å². The van der Waals surface area contributed by atoms with Crippen LogP contribution in [0.25, 0.3) is 5.57 Å². The van der Waals surface area contributed by atoms with Crippen LogP contribution < -0.4 is 19.5 Å². The molecule has 1 aromatic heterocycles. The maximum Gasteiger partial charge on any atom is 0.424 e. The smallest absolute Gasteiger partial charge is 0.424 e. The quantitative estimate of drug-likeness (QED) is 0.275. The van der Waals surface area contributed by atoms with E-state index in [0.717, 1.165) is 18.9 Å². The molecule has 1 fully saturated rings. The zero-order valence-corrected chi connectivity index (χ0v) is 27.8. The maximum atomic E-state index is 14.6. The standard InChI is InChI=1S/C30H29ClF4N2O5.2C2H6/c1-28(2)15-41-26-19(28)13-24(37-25(26)16-5-4-6-21(32)20(31)11-16)29(39,30(33,34)35)14-36-27(38)17-7-10-22(23(12-17)40-3)42-18-8-9-18;2*1-2/h4-5,7,10-13,18,39H,6,8-9,14-15H2,1-3H3,(H,36,38);2*1-2H3. The SMILES string of the molecule is CC.CC.COc1cc(C(=O)NCC(O)(c2cc3c(c(C4=CC(Cl)=C(F)CC=C4)n2)OCC3(C)C)C(F)(F)F)ccc1OC1CC1. The molecule has 1 atom stereocenters. The normalized spacial score (nSPS) is 17.9. The van der Waals surface area contributed by atoms with Gasteiger partial charge in [-0.1, -0.05) is 65.3 Å². The van der Waals surface area contributed by atoms with Crippen LogP contribution in [0.4, 0.5) is 17.6 Å². The van der Waals surface area contributed by atoms with Crippen LogP contribution in [-0.4, -0.2) is 48.5 Å². The lowest BCUT2D eigenvalue weighted by Crippen LogP contribution is -2.51. The topological polar surface area (TPSA) is 89.9 Å². The van der Waals surface area contributed by atoms with Gasteiger partial charge in [0, 0.05) is 28.5 Å². The van der Waals surface area contributed by atoms with Crippen molar-refractivity contribution >= 4 is 23.1 Å². The van der Waals surface area contributed by atoms with Crippen LogP contribution in [0.3, 0.4) is 0 Å². The molecule has 2 N–H and O–H groups in total. The summed E-state index contributed by atoms with van der Waals surface area (Å²) in [6.45, 7) is 10.4. The highest BCUT2D eigenvalue weighted by Crippen LogP contribution is 2.47. The van der Waals surface area contributed by atoms with Crippen LogP contribution in [-0.2, 0) is 11.0 Å². The summed E-state index contributed by atoms with van der Waals surface area (Å²) in [6.07, 6.45) is 0.700. The number of hydrogen-bond donors (Lipinski definition) is 2. The van der Waals surface area contributed by atoms with Crippen LogP contribution in [0.5, 0.6) is 17.2 Å². The van der Waals surface area contributed by atoms with E-state index in [2.05, 4.69) is 10.3 Å². The minimum atomic E-state index is -5.25. The lowest BCUT2D eigenvalue weighted by molar-refractivity contribution is -0.265. The molecule has 1 saturated carbocycles. The third-order valence-electron chi connectivity index (χ3n) is 7.33. The van der Waals surface area contributed by atoms with Gasteiger partial charge in [0.2, 0.25) is 5.60 Å². The van der Waals surface area contributed by atoms with E-state index >= 15 is 0 Å². The number of carbonyl (C=O) groups is 1. The van der Waals surface area contributed by atoms with Gasteiger partial charge in [0.1, 0.15) is 17.3 Å². The summed E-state index contributed by atoms with van der Waals surface area (Å²) in [5, 5.41) is 13.2. The van der Waals surface area contributed by atoms with Gasteiger partial charge in [-0.2, -0.15) is 13.2 Å². The third-order valence-corrected chi connectivity index (χ3v) is 7.64. The molecule has 2 aliphatic carbocycles. The Hall–Kier alpha value is -3.57. The molecule has 0 bridgehead atoms. The number of amides is 1. The molecule has 252 valence electrons. The van der Waals surface area contributed by atoms with E-state index in [-0.39, 0.29) is 52.5 Å². The van der Waals surface area contributed by atoms with Crippen molar-refractivity contribution in [2.45, 2.75) is 84.1 Å². The summed E-state index contributed by atoms with van der Waals surface area (Å²) < 4.78 is 74.9. The molecule has 0 spiro atoms. The highest BCUT2D eigenvalue weighted by Gasteiger charge is 2.57. The summed E-state index contributed by atoms with van der Waals surface area (Å²) in [7, 11) is 1.39. The Morgan fingerprint density at radius 1 is 1.15 bits per heavy atom. The van der Waals surface area contributed by atoms with E-state index in [4.69, 9.17) is 25.8 Å². The molecule has 2 aromatic rings. The zero-order chi connectivity index (χ0) is 34.4. The van der Waals surface area contributed by atoms with Gasteiger partial charge in [0.15, 0.2) is 11.5 Å². The van der Waals surface area contributed by atoms with E-state index in [0.29, 0.717) is 11.3 Å². The maximum absolute atomic E-state index is 14.6. The summed E-state index contributed by atoms with van der Waals surface area (Å²) in [5.41, 5.74) is -4.55. The largest absolute Gasteiger partial charge is 0.493 e. The number of aromatic nitrogens is 1. The summed E-state index contributed by atoms with van der Waals surface area (Å²) in [4.78, 5) is 17.2. The Labute approximate surface area is 272 Å². The lowest BCUT2D eigenvalue weighted by Gasteiger charge is -2.31. The number of alkyl halides is 3. The van der Waals surface area contributed by atoms with Gasteiger partial charge in [-0.05, 0) is 43.2 Å². The fourth-order valence-electron chi connectivity index (χ4n) is 4.64. The number of nitrogens with one attached hydrogen (secondary N) is 1. The van der Waals surface area contributed by atoms with Gasteiger partial charge in [0.25, 0.3) is 5.91 Å². The first kappa shape index (κ1) is 36.9. The molecule has 5 rings (SSSR count). The van der Waals surface area contributed by atoms with Crippen LogP contribution in [0, 0.1) is 0 Å². The number of hydrogen-bond acceptors (Lipinski definition) is 6. The molecular weight excluding hydrogens is 628 g/mol. The second kappa shape index (κ2) is 14.9. The molecule has 1 unspecified atom stereocenters. The third kappa shape index (κ3) is 7.86. The predicted octanol–water partition coefficient (Wildman–Crippen LogP) is 8.30. The van der Waals surface area contributed by atoms with Gasteiger partial charge in [0.05, 0.1) is 37.1 Å². The molecule has 0 radical (unpaired) electrons. The lowest BCUT2D eigenvalue weighted by atomic mass is 9.84. The number of benzene rings is 1. The van der Waals surface area contributed by atoms with Gasteiger partial charge >= 0.3 is 6.18 Å². The van der Waals surface area contributed by atoms with E-state index in [1.165, 1.54) is 43.5 Å². The number of allylic oxidation sites excluding steroid dienone is 6. The predicted molar refractivity (Wildman–Crippen MR) is 170 cm³/mol. The number of methoxy groups -OCH3 is 1. The Kier molecular flexibility index (Phi) is 11.9. The van der Waals surface area contributed by atoms with Crippen molar-refractivity contribution in [3.8, 4) is 17.2 Å². The minimum Gasteiger partial charge on any atom is -0.493 e. The zero-order valence-electron chi connectivity index (χ0n) is 27.1. The Morgan fingerprint density at radius 2 is 1.83 bits per heavy atom. The monoisotopic (exact) mass is 668 g/mol. The molecule has 2 heterocycles. The molecule has 0 saturated heterocycles. The molecule has 7 nitrogen and oxygen atoms in total. The van der Waals surface area contributed by atoms with Crippen molar-refractivity contribution < 1.29 is 41.7 Å². The van der Waals surface area contributed by atoms with Gasteiger partial charge in [-0.25, -0.2) is 9.37 Å². The number of aliphatic hydroxyl groups is 1. The van der Waals surface area contributed by atoms with Gasteiger partial charge in [-0.15, -0.1) is 0 Å². The van der Waals surface area contributed by atoms with Crippen LogP contribution in [0.1, 0.15) is 88.1 Å². The molecule has 3 aliphatic rings. The van der Waals surface area contributed by atoms with Crippen molar-refractivity contribution in [2.24, 2.45) is 0 Å². The number of rotatable bonds is 8. The minimum absolute atomic E-state index is 0.00820. The molecular formula is C34H41ClF4N2O5. The van der Waals surface area contributed by atoms with Crippen LogP contribution in [0.15, 0.2) is 53.4 Å². The van der Waals surface area contributed by atoms with Crippen molar-refractivity contribution in [3.05, 3.63) is 75.9 Å². The molecule has 46 heavy (non-hydrogen) atoms. The number of fused-ring (bicyclic) bond motifs is 1. The Morgan fingerprint density at radius 3 is 2.43 bits per heavy atom. The van der Waals surface area contributed by atoms with Crippen molar-refractivity contribution in [1.82, 2.24) is 10.3 Å². The first-order valence-corrected chi connectivity index (χ1v) is 15.6. The second-order valence-electron chi connectivity index (χ2n) is 11.1. The van der Waals surface area contributed by atoms with E-state index < -0.39 is 41.2 Å². The Balaban J connectivity index is 0.00000139. The number of carbonyl (C=O) groups excluding carboxylic acids is 1. The number of nitrogens with zero attached hydrogens (tertiary/aromatic N) is 1. The highest BCUT2D eigenvalue weighted by molar-refractivity contribution is 6.32. The van der Waals surface area contributed by atoms with Gasteiger partial charge < -0.3 is 24.6 Å². The first-order chi connectivity index (χ1) is 21.7. The average Bonchev–Trinajstić information content (AvgIpc) is 3.83. The molecule has 1 amide bonds. The summed E-state index contributed by atoms with van der Waals surface area (Å²) in [5.74, 6) is -0.613. The summed E-state index contributed by atoms with van der Waals surface area (Å²) in [6, 6.07) is 5.40. The molecule has 1 aromatic carbocycles. The average molecular weight is 669 g/mol.